The van der Waals surface area contributed by atoms with Gasteiger partial charge in [-0.25, -0.2) is 4.98 Å². The van der Waals surface area contributed by atoms with Crippen molar-refractivity contribution in [3.63, 3.8) is 0 Å². The van der Waals surface area contributed by atoms with Crippen LogP contribution >= 0.6 is 46.5 Å². The largest absolute Gasteiger partial charge is 0.382 e. The van der Waals surface area contributed by atoms with Gasteiger partial charge in [0.05, 0.1) is 15.6 Å². The molecule has 1 heterocycles. The lowest BCUT2D eigenvalue weighted by atomic mass is 9.96. The fraction of sp³-hybridized carbons (Fsp3) is 0.524. The first-order valence-electron chi connectivity index (χ1n) is 10.4. The Morgan fingerprint density at radius 2 is 1.94 bits per heavy atom. The van der Waals surface area contributed by atoms with Crippen LogP contribution in [0.3, 0.4) is 0 Å². The van der Waals surface area contributed by atoms with Crippen LogP contribution in [0.1, 0.15) is 60.7 Å². The Hall–Kier alpha value is -0.840. The standard InChI is InChI=1S/C16H17Cl2N3OS.C5H13NOS2/c17-10-7-4-8-11(18)12(10)13(22)14-15(19)21-16(23-14)20-9-5-2-1-3-6-9;1-5(8-6)3-4-9(2)7/h4,7-9H,1-3,5-6,19H2,(H,20,21);5H,3-4,6H2,1-2H3. The Kier molecular flexibility index (Phi) is 11.8. The van der Waals surface area contributed by atoms with Crippen LogP contribution in [0.4, 0.5) is 10.9 Å². The van der Waals surface area contributed by atoms with Gasteiger partial charge < -0.3 is 11.1 Å². The van der Waals surface area contributed by atoms with Crippen LogP contribution in [0.15, 0.2) is 18.2 Å². The minimum absolute atomic E-state index is 0.217. The highest BCUT2D eigenvalue weighted by molar-refractivity contribution is 7.97. The second-order valence-corrected chi connectivity index (χ2v) is 12.1. The lowest BCUT2D eigenvalue weighted by Gasteiger charge is -2.22. The van der Waals surface area contributed by atoms with Crippen molar-refractivity contribution in [1.82, 2.24) is 4.98 Å². The molecule has 32 heavy (non-hydrogen) atoms. The Morgan fingerprint density at radius 1 is 1.31 bits per heavy atom. The lowest BCUT2D eigenvalue weighted by Crippen LogP contribution is -2.22. The number of anilines is 2. The van der Waals surface area contributed by atoms with Gasteiger partial charge in [0.1, 0.15) is 10.7 Å². The summed E-state index contributed by atoms with van der Waals surface area (Å²) >= 11 is 14.8. The number of rotatable bonds is 8. The molecule has 0 bridgehead atoms. The van der Waals surface area contributed by atoms with Crippen molar-refractivity contribution in [2.75, 3.05) is 23.1 Å². The van der Waals surface area contributed by atoms with E-state index in [-0.39, 0.29) is 17.2 Å². The molecular weight excluding hydrogens is 507 g/mol. The summed E-state index contributed by atoms with van der Waals surface area (Å²) in [6, 6.07) is 5.38. The molecule has 1 aliphatic carbocycles. The molecule has 3 rings (SSSR count). The van der Waals surface area contributed by atoms with E-state index in [9.17, 15) is 9.00 Å². The van der Waals surface area contributed by atoms with Gasteiger partial charge in [-0.2, -0.15) is 0 Å². The van der Waals surface area contributed by atoms with Crippen molar-refractivity contribution in [3.8, 4) is 0 Å². The molecule has 0 saturated heterocycles. The van der Waals surface area contributed by atoms with Crippen molar-refractivity contribution >= 4 is 74.0 Å². The van der Waals surface area contributed by atoms with Gasteiger partial charge in [-0.3, -0.25) is 14.1 Å². The van der Waals surface area contributed by atoms with Gasteiger partial charge in [0.2, 0.25) is 5.78 Å². The minimum Gasteiger partial charge on any atom is -0.382 e. The van der Waals surface area contributed by atoms with E-state index in [1.807, 2.05) is 6.92 Å². The summed E-state index contributed by atoms with van der Waals surface area (Å²) in [6.45, 7) is 2.04. The lowest BCUT2D eigenvalue weighted by molar-refractivity contribution is 0.104. The van der Waals surface area contributed by atoms with Gasteiger partial charge >= 0.3 is 0 Å². The molecule has 0 aliphatic heterocycles. The van der Waals surface area contributed by atoms with Crippen LogP contribution in [0.5, 0.6) is 0 Å². The number of benzene rings is 1. The number of nitrogens with one attached hydrogen (secondary N) is 1. The molecule has 178 valence electrons. The number of thiazole rings is 1. The van der Waals surface area contributed by atoms with Crippen molar-refractivity contribution in [2.24, 2.45) is 5.14 Å². The second-order valence-electron chi connectivity index (χ2n) is 7.65. The number of carbonyl (C=O) groups is 1. The third-order valence-corrected chi connectivity index (χ3v) is 8.17. The van der Waals surface area contributed by atoms with Gasteiger partial charge in [0.15, 0.2) is 5.13 Å². The molecule has 1 fully saturated rings. The van der Waals surface area contributed by atoms with Crippen molar-refractivity contribution in [1.29, 1.82) is 0 Å². The summed E-state index contributed by atoms with van der Waals surface area (Å²) < 4.78 is 10.5. The van der Waals surface area contributed by atoms with Gasteiger partial charge in [0.25, 0.3) is 0 Å². The number of aromatic nitrogens is 1. The summed E-state index contributed by atoms with van der Waals surface area (Å²) in [6.07, 6.45) is 8.64. The number of halogens is 2. The molecule has 1 aromatic carbocycles. The van der Waals surface area contributed by atoms with Crippen molar-refractivity contribution in [2.45, 2.75) is 56.7 Å². The maximum atomic E-state index is 12.7. The molecule has 0 spiro atoms. The summed E-state index contributed by atoms with van der Waals surface area (Å²) in [7, 11) is -0.657. The first-order chi connectivity index (χ1) is 15.2. The second kappa shape index (κ2) is 13.8. The normalized spacial score (nSPS) is 16.0. The Bertz CT molecular complexity index is 900. The molecule has 2 aromatic rings. The molecule has 2 unspecified atom stereocenters. The third kappa shape index (κ3) is 8.50. The highest BCUT2D eigenvalue weighted by Crippen LogP contribution is 2.33. The fourth-order valence-electron chi connectivity index (χ4n) is 3.21. The molecule has 1 aromatic heterocycles. The highest BCUT2D eigenvalue weighted by atomic mass is 35.5. The SMILES string of the molecule is CC(CCS(C)=O)SN.Nc1nc(NC2CCCCC2)sc1C(=O)c1c(Cl)cccc1Cl. The zero-order chi connectivity index (χ0) is 23.7. The van der Waals surface area contributed by atoms with Gasteiger partial charge in [0, 0.05) is 34.1 Å². The maximum absolute atomic E-state index is 12.7. The third-order valence-electron chi connectivity index (χ3n) is 5.03. The van der Waals surface area contributed by atoms with Gasteiger partial charge in [-0.15, -0.1) is 0 Å². The molecule has 11 heteroatoms. The predicted octanol–water partition coefficient (Wildman–Crippen LogP) is 5.76. The first kappa shape index (κ1) is 27.4. The van der Waals surface area contributed by atoms with Gasteiger partial charge in [-0.05, 0) is 31.4 Å². The average Bonchev–Trinajstić information content (AvgIpc) is 3.12. The Morgan fingerprint density at radius 3 is 2.50 bits per heavy atom. The Labute approximate surface area is 210 Å². The number of nitrogen functional groups attached to an aromatic ring is 1. The molecule has 0 amide bonds. The molecule has 0 radical (unpaired) electrons. The smallest absolute Gasteiger partial charge is 0.209 e. The molecule has 1 aliphatic rings. The van der Waals surface area contributed by atoms with Crippen LogP contribution in [-0.2, 0) is 10.8 Å². The summed E-state index contributed by atoms with van der Waals surface area (Å²) in [4.78, 5) is 17.4. The van der Waals surface area contributed by atoms with E-state index in [0.29, 0.717) is 31.3 Å². The van der Waals surface area contributed by atoms with Crippen molar-refractivity contribution in [3.05, 3.63) is 38.7 Å². The number of nitrogens with zero attached hydrogens (tertiary/aromatic N) is 1. The van der Waals surface area contributed by atoms with Crippen LogP contribution in [0.25, 0.3) is 0 Å². The molecular formula is C21H30Cl2N4O2S3. The topological polar surface area (TPSA) is 111 Å². The Balaban J connectivity index is 0.000000344. The fourth-order valence-corrected chi connectivity index (χ4v) is 5.77. The summed E-state index contributed by atoms with van der Waals surface area (Å²) in [5.41, 5.74) is 6.21. The molecule has 6 nitrogen and oxygen atoms in total. The monoisotopic (exact) mass is 536 g/mol. The van der Waals surface area contributed by atoms with E-state index in [2.05, 4.69) is 10.3 Å². The molecule has 2 atom stereocenters. The number of hydrogen-bond acceptors (Lipinski definition) is 8. The number of nitrogens with two attached hydrogens (primary N) is 2. The van der Waals surface area contributed by atoms with E-state index in [1.54, 1.807) is 24.5 Å². The van der Waals surface area contributed by atoms with Crippen molar-refractivity contribution < 1.29 is 9.00 Å². The van der Waals surface area contributed by atoms with E-state index < -0.39 is 10.8 Å². The zero-order valence-electron chi connectivity index (χ0n) is 18.2. The maximum Gasteiger partial charge on any atom is 0.209 e. The van der Waals surface area contributed by atoms with E-state index >= 15 is 0 Å². The van der Waals surface area contributed by atoms with Crippen LogP contribution in [-0.4, -0.2) is 38.3 Å². The van der Waals surface area contributed by atoms with Crippen LogP contribution in [0.2, 0.25) is 10.0 Å². The van der Waals surface area contributed by atoms with Crippen LogP contribution < -0.4 is 16.2 Å². The van der Waals surface area contributed by atoms with Crippen LogP contribution in [0, 0.1) is 0 Å². The van der Waals surface area contributed by atoms with E-state index in [1.165, 1.54) is 42.5 Å². The quantitative estimate of drug-likeness (QED) is 0.290. The number of ketones is 1. The number of carbonyl (C=O) groups excluding carboxylic acids is 1. The minimum atomic E-state index is -0.657. The molecule has 5 N–H and O–H groups in total. The van der Waals surface area contributed by atoms with E-state index in [0.717, 1.165) is 25.0 Å². The average molecular weight is 538 g/mol. The summed E-state index contributed by atoms with van der Waals surface area (Å²) in [5, 5.41) is 10.4. The summed E-state index contributed by atoms with van der Waals surface area (Å²) in [5.74, 6) is 0.701. The van der Waals surface area contributed by atoms with Gasteiger partial charge in [-0.1, -0.05) is 78.7 Å². The zero-order valence-corrected chi connectivity index (χ0v) is 22.2. The predicted molar refractivity (Wildman–Crippen MR) is 142 cm³/mol. The number of hydrogen-bond donors (Lipinski definition) is 3. The highest BCUT2D eigenvalue weighted by Gasteiger charge is 2.23. The first-order valence-corrected chi connectivity index (χ1v) is 14.6. The van der Waals surface area contributed by atoms with E-state index in [4.69, 9.17) is 34.1 Å². The molecule has 1 saturated carbocycles.